The van der Waals surface area contributed by atoms with E-state index in [9.17, 15) is 0 Å². The highest BCUT2D eigenvalue weighted by atomic mass is 16.5. The van der Waals surface area contributed by atoms with Crippen LogP contribution < -0.4 is 10.1 Å². The molecule has 1 aliphatic heterocycles. The summed E-state index contributed by atoms with van der Waals surface area (Å²) < 4.78 is 5.78. The van der Waals surface area contributed by atoms with Gasteiger partial charge in [0, 0.05) is 12.6 Å². The van der Waals surface area contributed by atoms with E-state index in [0.29, 0.717) is 6.04 Å². The summed E-state index contributed by atoms with van der Waals surface area (Å²) in [5.74, 6) is 0.873. The Morgan fingerprint density at radius 1 is 1.42 bits per heavy atom. The molecule has 4 heteroatoms. The van der Waals surface area contributed by atoms with E-state index in [4.69, 9.17) is 4.74 Å². The molecule has 2 heterocycles. The molecule has 1 N–H and O–H groups in total. The number of hydrogen-bond donors (Lipinski definition) is 1. The highest BCUT2D eigenvalue weighted by molar-refractivity contribution is 5.19. The van der Waals surface area contributed by atoms with E-state index in [-0.39, 0.29) is 0 Å². The second-order valence-corrected chi connectivity index (χ2v) is 5.28. The number of hydrogen-bond acceptors (Lipinski definition) is 4. The van der Waals surface area contributed by atoms with Crippen molar-refractivity contribution in [2.75, 3.05) is 27.2 Å². The molecule has 0 aliphatic carbocycles. The van der Waals surface area contributed by atoms with Crippen LogP contribution in [0.25, 0.3) is 0 Å². The molecule has 0 bridgehead atoms. The van der Waals surface area contributed by atoms with Gasteiger partial charge in [-0.2, -0.15) is 0 Å². The van der Waals surface area contributed by atoms with E-state index in [0.717, 1.165) is 31.0 Å². The quantitative estimate of drug-likeness (QED) is 0.852. The maximum absolute atomic E-state index is 5.78. The number of nitrogens with one attached hydrogen (secondary N) is 1. The van der Waals surface area contributed by atoms with Gasteiger partial charge in [-0.15, -0.1) is 0 Å². The summed E-state index contributed by atoms with van der Waals surface area (Å²) in [7, 11) is 4.14. The second kappa shape index (κ2) is 7.46. The summed E-state index contributed by atoms with van der Waals surface area (Å²) in [6.45, 7) is 2.81. The molecule has 1 unspecified atom stereocenters. The van der Waals surface area contributed by atoms with Crippen molar-refractivity contribution in [1.82, 2.24) is 15.2 Å². The molecule has 4 nitrogen and oxygen atoms in total. The number of ether oxygens (including phenoxy) is 1. The Hall–Kier alpha value is -1.13. The first-order chi connectivity index (χ1) is 9.29. The standard InChI is InChI=1S/C15H25N3O/c1-16-11-13-6-7-15(12-17-13)19-10-8-14-5-3-4-9-18(14)2/h6-7,12,14,16H,3-5,8-11H2,1-2H3. The minimum Gasteiger partial charge on any atom is -0.492 e. The van der Waals surface area contributed by atoms with E-state index >= 15 is 0 Å². The van der Waals surface area contributed by atoms with Crippen LogP contribution in [0.3, 0.4) is 0 Å². The van der Waals surface area contributed by atoms with Crippen LogP contribution in [-0.4, -0.2) is 43.2 Å². The zero-order valence-electron chi connectivity index (χ0n) is 12.1. The molecule has 106 valence electrons. The zero-order chi connectivity index (χ0) is 13.5. The van der Waals surface area contributed by atoms with Gasteiger partial charge in [-0.3, -0.25) is 4.98 Å². The Bertz CT molecular complexity index is 366. The fourth-order valence-corrected chi connectivity index (χ4v) is 2.60. The van der Waals surface area contributed by atoms with Crippen molar-refractivity contribution < 1.29 is 4.74 Å². The highest BCUT2D eigenvalue weighted by Gasteiger charge is 2.18. The lowest BCUT2D eigenvalue weighted by molar-refractivity contribution is 0.153. The lowest BCUT2D eigenvalue weighted by atomic mass is 10.0. The van der Waals surface area contributed by atoms with Crippen LogP contribution in [0, 0.1) is 0 Å². The topological polar surface area (TPSA) is 37.4 Å². The van der Waals surface area contributed by atoms with Gasteiger partial charge < -0.3 is 15.0 Å². The van der Waals surface area contributed by atoms with Gasteiger partial charge in [0.05, 0.1) is 18.5 Å². The van der Waals surface area contributed by atoms with E-state index in [1.807, 2.05) is 25.4 Å². The third kappa shape index (κ3) is 4.48. The molecule has 1 saturated heterocycles. The molecule has 0 aromatic carbocycles. The summed E-state index contributed by atoms with van der Waals surface area (Å²) in [6, 6.07) is 4.70. The average Bonchev–Trinajstić information content (AvgIpc) is 2.43. The zero-order valence-corrected chi connectivity index (χ0v) is 12.1. The number of likely N-dealkylation sites (tertiary alicyclic amines) is 1. The van der Waals surface area contributed by atoms with Crippen molar-refractivity contribution >= 4 is 0 Å². The van der Waals surface area contributed by atoms with Crippen LogP contribution in [0.1, 0.15) is 31.4 Å². The Labute approximate surface area is 116 Å². The summed E-state index contributed by atoms with van der Waals surface area (Å²) in [5.41, 5.74) is 1.04. The minimum atomic E-state index is 0.685. The first-order valence-electron chi connectivity index (χ1n) is 7.22. The number of rotatable bonds is 6. The Morgan fingerprint density at radius 2 is 2.32 bits per heavy atom. The van der Waals surface area contributed by atoms with Gasteiger partial charge in [-0.05, 0) is 52.0 Å². The van der Waals surface area contributed by atoms with E-state index in [1.54, 1.807) is 0 Å². The smallest absolute Gasteiger partial charge is 0.137 e. The molecule has 0 saturated carbocycles. The Morgan fingerprint density at radius 3 is 3.00 bits per heavy atom. The largest absolute Gasteiger partial charge is 0.492 e. The molecule has 1 aromatic heterocycles. The van der Waals surface area contributed by atoms with Gasteiger partial charge in [-0.1, -0.05) is 6.42 Å². The van der Waals surface area contributed by atoms with Gasteiger partial charge in [0.2, 0.25) is 0 Å². The highest BCUT2D eigenvalue weighted by Crippen LogP contribution is 2.18. The minimum absolute atomic E-state index is 0.685. The predicted molar refractivity (Wildman–Crippen MR) is 77.4 cm³/mol. The molecule has 1 atom stereocenters. The first kappa shape index (κ1) is 14.3. The van der Waals surface area contributed by atoms with Crippen LogP contribution in [-0.2, 0) is 6.54 Å². The number of aromatic nitrogens is 1. The number of nitrogens with zero attached hydrogens (tertiary/aromatic N) is 2. The van der Waals surface area contributed by atoms with Crippen molar-refractivity contribution in [2.24, 2.45) is 0 Å². The third-order valence-electron chi connectivity index (χ3n) is 3.80. The van der Waals surface area contributed by atoms with Crippen molar-refractivity contribution in [2.45, 2.75) is 38.3 Å². The van der Waals surface area contributed by atoms with Crippen molar-refractivity contribution in [3.8, 4) is 5.75 Å². The third-order valence-corrected chi connectivity index (χ3v) is 3.80. The lowest BCUT2D eigenvalue weighted by Crippen LogP contribution is -2.37. The van der Waals surface area contributed by atoms with Crippen LogP contribution in [0.2, 0.25) is 0 Å². The normalized spacial score (nSPS) is 20.4. The molecule has 0 amide bonds. The molecule has 1 fully saturated rings. The molecule has 0 spiro atoms. The van der Waals surface area contributed by atoms with Crippen LogP contribution in [0.5, 0.6) is 5.75 Å². The predicted octanol–water partition coefficient (Wildman–Crippen LogP) is 2.05. The summed E-state index contributed by atoms with van der Waals surface area (Å²) in [5, 5.41) is 3.09. The monoisotopic (exact) mass is 263 g/mol. The van der Waals surface area contributed by atoms with Crippen molar-refractivity contribution in [3.05, 3.63) is 24.0 Å². The molecule has 19 heavy (non-hydrogen) atoms. The first-order valence-corrected chi connectivity index (χ1v) is 7.22. The summed E-state index contributed by atoms with van der Waals surface area (Å²) in [4.78, 5) is 6.81. The Balaban J connectivity index is 1.72. The maximum Gasteiger partial charge on any atom is 0.137 e. The maximum atomic E-state index is 5.78. The van der Waals surface area contributed by atoms with Gasteiger partial charge in [0.25, 0.3) is 0 Å². The van der Waals surface area contributed by atoms with Crippen LogP contribution in [0.15, 0.2) is 18.3 Å². The Kier molecular flexibility index (Phi) is 5.61. The van der Waals surface area contributed by atoms with Gasteiger partial charge in [0.1, 0.15) is 5.75 Å². The van der Waals surface area contributed by atoms with Gasteiger partial charge in [-0.25, -0.2) is 0 Å². The lowest BCUT2D eigenvalue weighted by Gasteiger charge is -2.32. The van der Waals surface area contributed by atoms with Crippen LogP contribution >= 0.6 is 0 Å². The average molecular weight is 263 g/mol. The fourth-order valence-electron chi connectivity index (χ4n) is 2.60. The molecule has 2 rings (SSSR count). The second-order valence-electron chi connectivity index (χ2n) is 5.28. The van der Waals surface area contributed by atoms with Gasteiger partial charge in [0.15, 0.2) is 0 Å². The molecule has 0 radical (unpaired) electrons. The SMILES string of the molecule is CNCc1ccc(OCCC2CCCCN2C)cn1. The molecule has 1 aromatic rings. The van der Waals surface area contributed by atoms with E-state index in [1.165, 1.54) is 25.8 Å². The number of piperidine rings is 1. The molecular formula is C15H25N3O. The fraction of sp³-hybridized carbons (Fsp3) is 0.667. The molecule has 1 aliphatic rings. The number of pyridine rings is 1. The summed E-state index contributed by atoms with van der Waals surface area (Å²) >= 11 is 0. The van der Waals surface area contributed by atoms with Crippen molar-refractivity contribution in [1.29, 1.82) is 0 Å². The van der Waals surface area contributed by atoms with E-state index in [2.05, 4.69) is 22.2 Å². The van der Waals surface area contributed by atoms with Crippen molar-refractivity contribution in [3.63, 3.8) is 0 Å². The van der Waals surface area contributed by atoms with Gasteiger partial charge >= 0.3 is 0 Å². The van der Waals surface area contributed by atoms with Crippen LogP contribution in [0.4, 0.5) is 0 Å². The summed E-state index contributed by atoms with van der Waals surface area (Å²) in [6.07, 6.45) is 6.92. The van der Waals surface area contributed by atoms with E-state index < -0.39 is 0 Å². The molecular weight excluding hydrogens is 238 g/mol.